The van der Waals surface area contributed by atoms with E-state index in [9.17, 15) is 0 Å². The Morgan fingerprint density at radius 3 is 2.71 bits per heavy atom. The molecule has 2 rings (SSSR count). The highest BCUT2D eigenvalue weighted by atomic mass is 127. The van der Waals surface area contributed by atoms with Gasteiger partial charge in [0.05, 0.1) is 20.8 Å². The van der Waals surface area contributed by atoms with Gasteiger partial charge in [-0.15, -0.1) is 24.0 Å². The number of nitrogens with zero attached hydrogens (tertiary/aromatic N) is 1. The van der Waals surface area contributed by atoms with E-state index in [1.165, 1.54) is 24.2 Å². The molecule has 5 nitrogen and oxygen atoms in total. The second-order valence-electron chi connectivity index (χ2n) is 5.97. The third-order valence-electron chi connectivity index (χ3n) is 4.05. The summed E-state index contributed by atoms with van der Waals surface area (Å²) in [6, 6.07) is 5.94. The van der Waals surface area contributed by atoms with Crippen LogP contribution in [0.25, 0.3) is 0 Å². The summed E-state index contributed by atoms with van der Waals surface area (Å²) in [7, 11) is 3.28. The lowest BCUT2D eigenvalue weighted by Crippen LogP contribution is -2.35. The number of methoxy groups -OCH3 is 2. The van der Waals surface area contributed by atoms with E-state index in [4.69, 9.17) is 15.2 Å². The van der Waals surface area contributed by atoms with Gasteiger partial charge in [0.15, 0.2) is 17.5 Å². The second kappa shape index (κ2) is 10.2. The number of aliphatic imine (C=N–C) groups is 1. The predicted molar refractivity (Wildman–Crippen MR) is 113 cm³/mol. The van der Waals surface area contributed by atoms with Crippen LogP contribution in [0.3, 0.4) is 0 Å². The van der Waals surface area contributed by atoms with Crippen LogP contribution >= 0.6 is 35.7 Å². The minimum atomic E-state index is 0. The number of benzene rings is 1. The zero-order chi connectivity index (χ0) is 16.7. The molecule has 1 aliphatic rings. The lowest BCUT2D eigenvalue weighted by molar-refractivity contribution is 0.354. The number of nitrogens with one attached hydrogen (secondary N) is 1. The molecule has 3 N–H and O–H groups in total. The number of ether oxygens (including phenoxy) is 2. The van der Waals surface area contributed by atoms with Crippen molar-refractivity contribution in [2.45, 2.75) is 30.9 Å². The van der Waals surface area contributed by atoms with E-state index < -0.39 is 0 Å². The molecule has 0 aliphatic carbocycles. The van der Waals surface area contributed by atoms with E-state index in [1.807, 2.05) is 30.0 Å². The zero-order valence-corrected chi connectivity index (χ0v) is 17.8. The molecule has 1 aromatic rings. The van der Waals surface area contributed by atoms with Gasteiger partial charge >= 0.3 is 0 Å². The summed E-state index contributed by atoms with van der Waals surface area (Å²) in [6.07, 6.45) is 3.35. The van der Waals surface area contributed by atoms with Crippen molar-refractivity contribution < 1.29 is 9.47 Å². The van der Waals surface area contributed by atoms with Crippen molar-refractivity contribution in [3.63, 3.8) is 0 Å². The van der Waals surface area contributed by atoms with Crippen molar-refractivity contribution >= 4 is 41.7 Å². The molecule has 7 heteroatoms. The molecule has 136 valence electrons. The predicted octanol–water partition coefficient (Wildman–Crippen LogP) is 3.05. The van der Waals surface area contributed by atoms with Crippen molar-refractivity contribution in [1.29, 1.82) is 0 Å². The Balaban J connectivity index is 0.00000288. The molecule has 1 atom stereocenters. The molecular weight excluding hydrogens is 437 g/mol. The smallest absolute Gasteiger partial charge is 0.188 e. The molecule has 1 heterocycles. The van der Waals surface area contributed by atoms with Gasteiger partial charge in [-0.25, -0.2) is 0 Å². The Morgan fingerprint density at radius 1 is 1.33 bits per heavy atom. The Labute approximate surface area is 166 Å². The first kappa shape index (κ1) is 21.2. The fourth-order valence-electron chi connectivity index (χ4n) is 2.64. The first-order valence-corrected chi connectivity index (χ1v) is 8.93. The molecule has 0 spiro atoms. The molecule has 1 aliphatic heterocycles. The number of rotatable bonds is 7. The Kier molecular flexibility index (Phi) is 9.04. The maximum atomic E-state index is 5.96. The highest BCUT2D eigenvalue weighted by molar-refractivity contribution is 14.0. The van der Waals surface area contributed by atoms with Crippen LogP contribution in [-0.2, 0) is 6.42 Å². The molecule has 24 heavy (non-hydrogen) atoms. The number of halogens is 1. The molecule has 1 aromatic carbocycles. The molecule has 0 amide bonds. The van der Waals surface area contributed by atoms with Crippen molar-refractivity contribution in [2.24, 2.45) is 10.7 Å². The summed E-state index contributed by atoms with van der Waals surface area (Å²) >= 11 is 2.00. The van der Waals surface area contributed by atoms with E-state index in [0.29, 0.717) is 5.96 Å². The summed E-state index contributed by atoms with van der Waals surface area (Å²) in [4.78, 5) is 4.49. The van der Waals surface area contributed by atoms with Crippen LogP contribution in [0.5, 0.6) is 11.5 Å². The van der Waals surface area contributed by atoms with Gasteiger partial charge in [0.2, 0.25) is 0 Å². The fraction of sp³-hybridized carbons (Fsp3) is 0.588. The van der Waals surface area contributed by atoms with Crippen LogP contribution in [0.2, 0.25) is 0 Å². The summed E-state index contributed by atoms with van der Waals surface area (Å²) in [5.74, 6) is 3.25. The van der Waals surface area contributed by atoms with Crippen LogP contribution in [0.1, 0.15) is 25.3 Å². The van der Waals surface area contributed by atoms with Gasteiger partial charge < -0.3 is 20.5 Å². The standard InChI is InChI=1S/C17H27N3O2S.HI/c1-17(8-4-10-23-17)12-20-16(18)19-9-7-13-5-6-14(21-2)15(11-13)22-3;/h5-6,11H,4,7-10,12H2,1-3H3,(H3,18,19,20);1H. The molecule has 1 fully saturated rings. The minimum absolute atomic E-state index is 0. The molecule has 0 bridgehead atoms. The average Bonchev–Trinajstić information content (AvgIpc) is 3.00. The lowest BCUT2D eigenvalue weighted by atomic mass is 10.1. The van der Waals surface area contributed by atoms with E-state index in [1.54, 1.807) is 14.2 Å². The van der Waals surface area contributed by atoms with Gasteiger partial charge in [0, 0.05) is 11.3 Å². The summed E-state index contributed by atoms with van der Waals surface area (Å²) in [5.41, 5.74) is 7.13. The number of guanidine groups is 1. The Hall–Kier alpha value is -0.830. The maximum absolute atomic E-state index is 5.96. The first-order valence-electron chi connectivity index (χ1n) is 7.95. The van der Waals surface area contributed by atoms with Gasteiger partial charge in [-0.2, -0.15) is 11.8 Å². The zero-order valence-electron chi connectivity index (χ0n) is 14.6. The molecule has 0 saturated carbocycles. The number of thioether (sulfide) groups is 1. The Bertz CT molecular complexity index is 549. The number of nitrogens with two attached hydrogens (primary N) is 1. The van der Waals surface area contributed by atoms with E-state index in [0.717, 1.165) is 31.0 Å². The van der Waals surface area contributed by atoms with Crippen molar-refractivity contribution in [2.75, 3.05) is 33.1 Å². The van der Waals surface area contributed by atoms with E-state index >= 15 is 0 Å². The highest BCUT2D eigenvalue weighted by Crippen LogP contribution is 2.37. The second-order valence-corrected chi connectivity index (χ2v) is 7.65. The molecule has 0 aromatic heterocycles. The van der Waals surface area contributed by atoms with Crippen LogP contribution in [0, 0.1) is 0 Å². The largest absolute Gasteiger partial charge is 0.493 e. The van der Waals surface area contributed by atoms with Gasteiger partial charge in [-0.3, -0.25) is 4.99 Å². The SMILES string of the molecule is COc1ccc(CCNC(N)=NCC2(C)CCCS2)cc1OC.I. The normalized spacial score (nSPS) is 20.4. The Morgan fingerprint density at radius 2 is 2.08 bits per heavy atom. The first-order chi connectivity index (χ1) is 11.1. The summed E-state index contributed by atoms with van der Waals surface area (Å²) in [5, 5.41) is 3.18. The van der Waals surface area contributed by atoms with Crippen LogP contribution < -0.4 is 20.5 Å². The monoisotopic (exact) mass is 465 g/mol. The minimum Gasteiger partial charge on any atom is -0.493 e. The van der Waals surface area contributed by atoms with Crippen LogP contribution in [-0.4, -0.2) is 43.8 Å². The number of hydrogen-bond donors (Lipinski definition) is 2. The van der Waals surface area contributed by atoms with E-state index in [2.05, 4.69) is 17.2 Å². The van der Waals surface area contributed by atoms with E-state index in [-0.39, 0.29) is 28.7 Å². The average molecular weight is 465 g/mol. The lowest BCUT2D eigenvalue weighted by Gasteiger charge is -2.20. The molecule has 1 saturated heterocycles. The van der Waals surface area contributed by atoms with Crippen molar-refractivity contribution in [3.8, 4) is 11.5 Å². The quantitative estimate of drug-likeness (QED) is 0.368. The fourth-order valence-corrected chi connectivity index (χ4v) is 3.87. The van der Waals surface area contributed by atoms with Gasteiger partial charge in [0.25, 0.3) is 0 Å². The topological polar surface area (TPSA) is 68.9 Å². The van der Waals surface area contributed by atoms with Crippen LogP contribution in [0.4, 0.5) is 0 Å². The molecule has 1 unspecified atom stereocenters. The van der Waals surface area contributed by atoms with Gasteiger partial charge in [-0.1, -0.05) is 6.07 Å². The summed E-state index contributed by atoms with van der Waals surface area (Å²) < 4.78 is 10.8. The maximum Gasteiger partial charge on any atom is 0.188 e. The third-order valence-corrected chi connectivity index (χ3v) is 5.58. The highest BCUT2D eigenvalue weighted by Gasteiger charge is 2.28. The number of hydrogen-bond acceptors (Lipinski definition) is 4. The van der Waals surface area contributed by atoms with Gasteiger partial charge in [-0.05, 0) is 49.6 Å². The molecule has 0 radical (unpaired) electrons. The van der Waals surface area contributed by atoms with Crippen LogP contribution in [0.15, 0.2) is 23.2 Å². The van der Waals surface area contributed by atoms with Gasteiger partial charge in [0.1, 0.15) is 0 Å². The summed E-state index contributed by atoms with van der Waals surface area (Å²) in [6.45, 7) is 3.80. The third kappa shape index (κ3) is 6.23. The van der Waals surface area contributed by atoms with Crippen molar-refractivity contribution in [1.82, 2.24) is 5.32 Å². The van der Waals surface area contributed by atoms with Crippen molar-refractivity contribution in [3.05, 3.63) is 23.8 Å². The molecular formula is C17H28IN3O2S.